The van der Waals surface area contributed by atoms with Crippen LogP contribution in [0.1, 0.15) is 31.9 Å². The molecule has 1 aliphatic carbocycles. The van der Waals surface area contributed by atoms with Gasteiger partial charge < -0.3 is 9.15 Å². The largest absolute Gasteiger partial charge is 0.468 e. The van der Waals surface area contributed by atoms with Crippen LogP contribution in [0, 0.1) is 0 Å². The van der Waals surface area contributed by atoms with Crippen LogP contribution >= 0.6 is 0 Å². The molecule has 0 amide bonds. The van der Waals surface area contributed by atoms with E-state index in [1.807, 2.05) is 25.1 Å². The molecule has 0 unspecified atom stereocenters. The molecule has 2 rings (SSSR count). The summed E-state index contributed by atoms with van der Waals surface area (Å²) in [6.07, 6.45) is 6.84. The van der Waals surface area contributed by atoms with Gasteiger partial charge in [0.05, 0.1) is 19.9 Å². The highest BCUT2D eigenvalue weighted by Crippen LogP contribution is 2.28. The van der Waals surface area contributed by atoms with E-state index in [0.29, 0.717) is 12.5 Å². The molecule has 0 aromatic carbocycles. The summed E-state index contributed by atoms with van der Waals surface area (Å²) in [4.78, 5) is 13.9. The topological polar surface area (TPSA) is 42.7 Å². The number of carbonyl (C=O) groups excluding carboxylic acids is 1. The second-order valence-electron chi connectivity index (χ2n) is 4.81. The second-order valence-corrected chi connectivity index (χ2v) is 4.81. The monoisotopic (exact) mass is 263 g/mol. The van der Waals surface area contributed by atoms with Crippen LogP contribution in [-0.2, 0) is 16.1 Å². The number of ether oxygens (including phenoxy) is 1. The standard InChI is InChI=1S/C15H21NO3/c1-3-12(15(17)18-2)8-9-16(13-6-7-13)11-14-5-4-10-19-14/h4-5,8,10,13H,3,6-7,9,11H2,1-2H3. The van der Waals surface area contributed by atoms with E-state index in [4.69, 9.17) is 9.15 Å². The number of esters is 1. The lowest BCUT2D eigenvalue weighted by molar-refractivity contribution is -0.136. The van der Waals surface area contributed by atoms with Gasteiger partial charge in [-0.25, -0.2) is 4.79 Å². The fourth-order valence-electron chi connectivity index (χ4n) is 2.12. The highest BCUT2D eigenvalue weighted by molar-refractivity contribution is 5.88. The molecule has 0 saturated heterocycles. The quantitative estimate of drug-likeness (QED) is 0.560. The summed E-state index contributed by atoms with van der Waals surface area (Å²) in [5, 5.41) is 0. The molecule has 0 spiro atoms. The van der Waals surface area contributed by atoms with Gasteiger partial charge in [-0.3, -0.25) is 4.90 Å². The van der Waals surface area contributed by atoms with Crippen LogP contribution < -0.4 is 0 Å². The first-order valence-corrected chi connectivity index (χ1v) is 6.78. The van der Waals surface area contributed by atoms with Crippen molar-refractivity contribution in [2.75, 3.05) is 13.7 Å². The average molecular weight is 263 g/mol. The van der Waals surface area contributed by atoms with Crippen molar-refractivity contribution in [3.05, 3.63) is 35.8 Å². The Hall–Kier alpha value is -1.55. The Morgan fingerprint density at radius 1 is 1.58 bits per heavy atom. The zero-order valence-corrected chi connectivity index (χ0v) is 11.6. The molecule has 104 valence electrons. The summed E-state index contributed by atoms with van der Waals surface area (Å²) in [6, 6.07) is 4.51. The number of hydrogen-bond acceptors (Lipinski definition) is 4. The van der Waals surface area contributed by atoms with Gasteiger partial charge in [-0.15, -0.1) is 0 Å². The molecule has 19 heavy (non-hydrogen) atoms. The van der Waals surface area contributed by atoms with Gasteiger partial charge in [-0.1, -0.05) is 13.0 Å². The highest BCUT2D eigenvalue weighted by atomic mass is 16.5. The summed E-state index contributed by atoms with van der Waals surface area (Å²) in [6.45, 7) is 3.53. The van der Waals surface area contributed by atoms with E-state index in [1.54, 1.807) is 6.26 Å². The number of furan rings is 1. The lowest BCUT2D eigenvalue weighted by Crippen LogP contribution is -2.26. The van der Waals surface area contributed by atoms with E-state index < -0.39 is 0 Å². The van der Waals surface area contributed by atoms with Crippen LogP contribution in [0.3, 0.4) is 0 Å². The first-order chi connectivity index (χ1) is 9.24. The Morgan fingerprint density at radius 2 is 2.37 bits per heavy atom. The van der Waals surface area contributed by atoms with Crippen LogP contribution in [0.4, 0.5) is 0 Å². The van der Waals surface area contributed by atoms with Gasteiger partial charge in [-0.2, -0.15) is 0 Å². The Morgan fingerprint density at radius 3 is 2.89 bits per heavy atom. The minimum Gasteiger partial charge on any atom is -0.468 e. The van der Waals surface area contributed by atoms with Crippen LogP contribution in [0.25, 0.3) is 0 Å². The molecule has 0 aliphatic heterocycles. The number of rotatable bonds is 7. The molecular weight excluding hydrogens is 242 g/mol. The van der Waals surface area contributed by atoms with Crippen molar-refractivity contribution in [1.29, 1.82) is 0 Å². The van der Waals surface area contributed by atoms with Gasteiger partial charge in [0.2, 0.25) is 0 Å². The molecule has 1 heterocycles. The number of methoxy groups -OCH3 is 1. The van der Waals surface area contributed by atoms with Crippen LogP contribution in [0.5, 0.6) is 0 Å². The van der Waals surface area contributed by atoms with Gasteiger partial charge in [-0.05, 0) is 31.4 Å². The highest BCUT2D eigenvalue weighted by Gasteiger charge is 2.28. The lowest BCUT2D eigenvalue weighted by atomic mass is 10.2. The van der Waals surface area contributed by atoms with E-state index in [1.165, 1.54) is 20.0 Å². The smallest absolute Gasteiger partial charge is 0.333 e. The van der Waals surface area contributed by atoms with Crippen molar-refractivity contribution in [2.24, 2.45) is 0 Å². The molecule has 4 nitrogen and oxygen atoms in total. The Labute approximate surface area is 114 Å². The molecular formula is C15H21NO3. The first-order valence-electron chi connectivity index (χ1n) is 6.78. The van der Waals surface area contributed by atoms with Crippen molar-refractivity contribution in [2.45, 2.75) is 38.8 Å². The molecule has 1 saturated carbocycles. The Kier molecular flexibility index (Phi) is 4.80. The summed E-state index contributed by atoms with van der Waals surface area (Å²) in [5.74, 6) is 0.743. The fourth-order valence-corrected chi connectivity index (χ4v) is 2.12. The number of nitrogens with zero attached hydrogens (tertiary/aromatic N) is 1. The summed E-state index contributed by atoms with van der Waals surface area (Å²) in [5.41, 5.74) is 0.743. The maximum atomic E-state index is 11.5. The third kappa shape index (κ3) is 3.96. The SMILES string of the molecule is CCC(=CCN(Cc1ccco1)C1CC1)C(=O)OC. The molecule has 0 radical (unpaired) electrons. The molecule has 0 N–H and O–H groups in total. The van der Waals surface area contributed by atoms with Crippen molar-refractivity contribution in [1.82, 2.24) is 4.90 Å². The maximum Gasteiger partial charge on any atom is 0.333 e. The lowest BCUT2D eigenvalue weighted by Gasteiger charge is -2.19. The van der Waals surface area contributed by atoms with Crippen molar-refractivity contribution >= 4 is 5.97 Å². The third-order valence-corrected chi connectivity index (χ3v) is 3.40. The van der Waals surface area contributed by atoms with E-state index in [9.17, 15) is 4.79 Å². The molecule has 1 aromatic heterocycles. The van der Waals surface area contributed by atoms with E-state index in [0.717, 1.165) is 24.4 Å². The van der Waals surface area contributed by atoms with Gasteiger partial charge in [0, 0.05) is 18.2 Å². The van der Waals surface area contributed by atoms with Gasteiger partial charge in [0.15, 0.2) is 0 Å². The Bertz CT molecular complexity index is 432. The van der Waals surface area contributed by atoms with Gasteiger partial charge in [0.25, 0.3) is 0 Å². The normalized spacial score (nSPS) is 15.8. The zero-order valence-electron chi connectivity index (χ0n) is 11.6. The van der Waals surface area contributed by atoms with Gasteiger partial charge >= 0.3 is 5.97 Å². The van der Waals surface area contributed by atoms with Crippen molar-refractivity contribution in [3.8, 4) is 0 Å². The van der Waals surface area contributed by atoms with E-state index >= 15 is 0 Å². The summed E-state index contributed by atoms with van der Waals surface area (Å²) < 4.78 is 10.2. The first kappa shape index (κ1) is 13.9. The number of carbonyl (C=O) groups is 1. The molecule has 1 aliphatic rings. The van der Waals surface area contributed by atoms with Crippen molar-refractivity contribution < 1.29 is 13.9 Å². The fraction of sp³-hybridized carbons (Fsp3) is 0.533. The van der Waals surface area contributed by atoms with Gasteiger partial charge in [0.1, 0.15) is 5.76 Å². The minimum absolute atomic E-state index is 0.226. The minimum atomic E-state index is -0.226. The van der Waals surface area contributed by atoms with Crippen LogP contribution in [-0.4, -0.2) is 30.6 Å². The Balaban J connectivity index is 1.96. The average Bonchev–Trinajstić information content (AvgIpc) is 3.15. The molecule has 1 aromatic rings. The summed E-state index contributed by atoms with van der Waals surface area (Å²) in [7, 11) is 1.42. The predicted octanol–water partition coefficient (Wildman–Crippen LogP) is 2.75. The predicted molar refractivity (Wildman–Crippen MR) is 72.5 cm³/mol. The van der Waals surface area contributed by atoms with Crippen molar-refractivity contribution in [3.63, 3.8) is 0 Å². The van der Waals surface area contributed by atoms with E-state index in [-0.39, 0.29) is 5.97 Å². The second kappa shape index (κ2) is 6.57. The molecule has 1 fully saturated rings. The third-order valence-electron chi connectivity index (χ3n) is 3.40. The maximum absolute atomic E-state index is 11.5. The van der Waals surface area contributed by atoms with Crippen LogP contribution in [0.2, 0.25) is 0 Å². The molecule has 0 atom stereocenters. The molecule has 4 heteroatoms. The number of hydrogen-bond donors (Lipinski definition) is 0. The van der Waals surface area contributed by atoms with Crippen LogP contribution in [0.15, 0.2) is 34.5 Å². The van der Waals surface area contributed by atoms with E-state index in [2.05, 4.69) is 4.90 Å². The zero-order chi connectivity index (χ0) is 13.7. The summed E-state index contributed by atoms with van der Waals surface area (Å²) >= 11 is 0. The molecule has 0 bridgehead atoms.